The van der Waals surface area contributed by atoms with E-state index in [1.54, 1.807) is 6.92 Å². The van der Waals surface area contributed by atoms with E-state index in [0.717, 1.165) is 5.56 Å². The van der Waals surface area contributed by atoms with Gasteiger partial charge in [0.2, 0.25) is 5.91 Å². The average Bonchev–Trinajstić information content (AvgIpc) is 2.36. The first kappa shape index (κ1) is 13.7. The van der Waals surface area contributed by atoms with Crippen molar-refractivity contribution in [1.29, 1.82) is 0 Å². The zero-order chi connectivity index (χ0) is 12.7. The van der Waals surface area contributed by atoms with Gasteiger partial charge in [-0.15, -0.1) is 0 Å². The SMILES string of the molecule is C[C@H](NC(=O)CBr)C(=O)OCc1ccccc1. The number of carbonyl (C=O) groups excluding carboxylic acids is 2. The van der Waals surface area contributed by atoms with E-state index in [1.165, 1.54) is 0 Å². The van der Waals surface area contributed by atoms with Crippen LogP contribution in [0.25, 0.3) is 0 Å². The molecule has 0 unspecified atom stereocenters. The lowest BCUT2D eigenvalue weighted by Crippen LogP contribution is -2.40. The molecule has 0 saturated carbocycles. The maximum atomic E-state index is 11.5. The van der Waals surface area contributed by atoms with Gasteiger partial charge in [-0.3, -0.25) is 4.79 Å². The summed E-state index contributed by atoms with van der Waals surface area (Å²) in [6, 6.07) is 8.75. The molecule has 1 atom stereocenters. The van der Waals surface area contributed by atoms with Crippen molar-refractivity contribution < 1.29 is 14.3 Å². The van der Waals surface area contributed by atoms with Crippen LogP contribution in [-0.4, -0.2) is 23.2 Å². The van der Waals surface area contributed by atoms with Crippen LogP contribution < -0.4 is 5.32 Å². The maximum absolute atomic E-state index is 11.5. The van der Waals surface area contributed by atoms with Crippen LogP contribution in [0.4, 0.5) is 0 Å². The monoisotopic (exact) mass is 299 g/mol. The molecule has 5 heteroatoms. The first-order valence-electron chi connectivity index (χ1n) is 5.19. The van der Waals surface area contributed by atoms with Crippen molar-refractivity contribution in [3.8, 4) is 0 Å². The summed E-state index contributed by atoms with van der Waals surface area (Å²) in [5.74, 6) is -0.683. The van der Waals surface area contributed by atoms with E-state index in [1.807, 2.05) is 30.3 Å². The van der Waals surface area contributed by atoms with Crippen LogP contribution in [0, 0.1) is 0 Å². The Hall–Kier alpha value is -1.36. The van der Waals surface area contributed by atoms with Gasteiger partial charge in [0.25, 0.3) is 0 Å². The van der Waals surface area contributed by atoms with Crippen LogP contribution in [0.1, 0.15) is 12.5 Å². The summed E-state index contributed by atoms with van der Waals surface area (Å²) < 4.78 is 5.07. The minimum Gasteiger partial charge on any atom is -0.459 e. The number of nitrogens with one attached hydrogen (secondary N) is 1. The number of alkyl halides is 1. The van der Waals surface area contributed by atoms with Crippen molar-refractivity contribution in [3.05, 3.63) is 35.9 Å². The zero-order valence-corrected chi connectivity index (χ0v) is 11.1. The van der Waals surface area contributed by atoms with E-state index in [9.17, 15) is 9.59 Å². The summed E-state index contributed by atoms with van der Waals surface area (Å²) in [5.41, 5.74) is 0.917. The lowest BCUT2D eigenvalue weighted by molar-refractivity contribution is -0.148. The van der Waals surface area contributed by atoms with Crippen LogP contribution in [-0.2, 0) is 20.9 Å². The van der Waals surface area contributed by atoms with Crippen molar-refractivity contribution in [2.75, 3.05) is 5.33 Å². The predicted molar refractivity (Wildman–Crippen MR) is 67.6 cm³/mol. The van der Waals surface area contributed by atoms with E-state index in [0.29, 0.717) is 0 Å². The number of hydrogen-bond donors (Lipinski definition) is 1. The minimum atomic E-state index is -0.635. The molecule has 1 amide bonds. The lowest BCUT2D eigenvalue weighted by atomic mass is 10.2. The van der Waals surface area contributed by atoms with Crippen LogP contribution in [0.5, 0.6) is 0 Å². The molecule has 0 spiro atoms. The summed E-state index contributed by atoms with van der Waals surface area (Å²) in [7, 11) is 0. The lowest BCUT2D eigenvalue weighted by Gasteiger charge is -2.12. The molecule has 0 bridgehead atoms. The molecular weight excluding hydrogens is 286 g/mol. The number of ether oxygens (including phenoxy) is 1. The highest BCUT2D eigenvalue weighted by atomic mass is 79.9. The number of carbonyl (C=O) groups is 2. The molecule has 92 valence electrons. The predicted octanol–water partition coefficient (Wildman–Crippen LogP) is 1.63. The fourth-order valence-corrected chi connectivity index (χ4v) is 1.35. The second-order valence-electron chi connectivity index (χ2n) is 3.52. The van der Waals surface area contributed by atoms with Crippen molar-refractivity contribution in [2.24, 2.45) is 0 Å². The molecule has 0 saturated heterocycles. The third-order valence-corrected chi connectivity index (χ3v) is 2.59. The minimum absolute atomic E-state index is 0.170. The second kappa shape index (κ2) is 7.06. The number of rotatable bonds is 5. The molecule has 1 N–H and O–H groups in total. The van der Waals surface area contributed by atoms with Gasteiger partial charge in [-0.1, -0.05) is 46.3 Å². The highest BCUT2D eigenvalue weighted by Crippen LogP contribution is 2.01. The summed E-state index contributed by atoms with van der Waals surface area (Å²) in [6.07, 6.45) is 0. The molecule has 1 rings (SSSR count). The molecule has 17 heavy (non-hydrogen) atoms. The molecule has 1 aromatic rings. The normalized spacial score (nSPS) is 11.6. The van der Waals surface area contributed by atoms with E-state index in [2.05, 4.69) is 21.2 Å². The molecule has 0 heterocycles. The van der Waals surface area contributed by atoms with Gasteiger partial charge in [0.05, 0.1) is 5.33 Å². The molecule has 0 aliphatic carbocycles. The third kappa shape index (κ3) is 4.99. The molecule has 0 fully saturated rings. The summed E-state index contributed by atoms with van der Waals surface area (Å²) in [4.78, 5) is 22.6. The van der Waals surface area contributed by atoms with Crippen LogP contribution in [0.3, 0.4) is 0 Å². The fraction of sp³-hybridized carbons (Fsp3) is 0.333. The molecule has 0 radical (unpaired) electrons. The third-order valence-electron chi connectivity index (χ3n) is 2.08. The summed E-state index contributed by atoms with van der Waals surface area (Å²) >= 11 is 3.00. The quantitative estimate of drug-likeness (QED) is 0.664. The topological polar surface area (TPSA) is 55.4 Å². The molecule has 0 aliphatic rings. The standard InChI is InChI=1S/C12H14BrNO3/c1-9(14-11(15)7-13)12(16)17-8-10-5-3-2-4-6-10/h2-6,9H,7-8H2,1H3,(H,14,15)/t9-/m0/s1. The Labute approximate surface area is 108 Å². The Bertz CT molecular complexity index is 381. The van der Waals surface area contributed by atoms with Gasteiger partial charge in [-0.25, -0.2) is 4.79 Å². The van der Waals surface area contributed by atoms with E-state index in [4.69, 9.17) is 4.74 Å². The number of benzene rings is 1. The van der Waals surface area contributed by atoms with Gasteiger partial charge in [0.1, 0.15) is 12.6 Å². The number of esters is 1. The van der Waals surface area contributed by atoms with E-state index >= 15 is 0 Å². The van der Waals surface area contributed by atoms with Gasteiger partial charge < -0.3 is 10.1 Å². The largest absolute Gasteiger partial charge is 0.459 e. The van der Waals surface area contributed by atoms with Gasteiger partial charge in [-0.05, 0) is 12.5 Å². The number of halogens is 1. The average molecular weight is 300 g/mol. The summed E-state index contributed by atoms with van der Waals surface area (Å²) in [5, 5.41) is 2.68. The van der Waals surface area contributed by atoms with Crippen molar-refractivity contribution >= 4 is 27.8 Å². The number of hydrogen-bond acceptors (Lipinski definition) is 3. The van der Waals surface area contributed by atoms with Gasteiger partial charge >= 0.3 is 5.97 Å². The highest BCUT2D eigenvalue weighted by molar-refractivity contribution is 9.09. The fourth-order valence-electron chi connectivity index (χ4n) is 1.19. The molecule has 1 aromatic carbocycles. The van der Waals surface area contributed by atoms with Crippen LogP contribution in [0.2, 0.25) is 0 Å². The molecule has 4 nitrogen and oxygen atoms in total. The van der Waals surface area contributed by atoms with Crippen LogP contribution >= 0.6 is 15.9 Å². The maximum Gasteiger partial charge on any atom is 0.328 e. The van der Waals surface area contributed by atoms with Crippen molar-refractivity contribution in [3.63, 3.8) is 0 Å². The molecule has 0 aliphatic heterocycles. The van der Waals surface area contributed by atoms with Gasteiger partial charge in [0.15, 0.2) is 0 Å². The van der Waals surface area contributed by atoms with Crippen LogP contribution in [0.15, 0.2) is 30.3 Å². The Kier molecular flexibility index (Phi) is 5.69. The first-order valence-corrected chi connectivity index (χ1v) is 6.31. The Morgan fingerprint density at radius 1 is 1.35 bits per heavy atom. The summed E-state index contributed by atoms with van der Waals surface area (Å²) in [6.45, 7) is 1.81. The van der Waals surface area contributed by atoms with E-state index in [-0.39, 0.29) is 17.8 Å². The molecular formula is C12H14BrNO3. The zero-order valence-electron chi connectivity index (χ0n) is 9.48. The Morgan fingerprint density at radius 2 is 2.00 bits per heavy atom. The Morgan fingerprint density at radius 3 is 2.59 bits per heavy atom. The first-order chi connectivity index (χ1) is 8.13. The van der Waals surface area contributed by atoms with Crippen molar-refractivity contribution in [1.82, 2.24) is 5.32 Å². The second-order valence-corrected chi connectivity index (χ2v) is 4.08. The molecule has 0 aromatic heterocycles. The highest BCUT2D eigenvalue weighted by Gasteiger charge is 2.16. The van der Waals surface area contributed by atoms with Gasteiger partial charge in [0, 0.05) is 0 Å². The smallest absolute Gasteiger partial charge is 0.328 e. The Balaban J connectivity index is 2.37. The van der Waals surface area contributed by atoms with Crippen molar-refractivity contribution in [2.45, 2.75) is 19.6 Å². The number of amides is 1. The van der Waals surface area contributed by atoms with E-state index < -0.39 is 12.0 Å². The van der Waals surface area contributed by atoms with Gasteiger partial charge in [-0.2, -0.15) is 0 Å².